The van der Waals surface area contributed by atoms with E-state index in [0.29, 0.717) is 17.1 Å². The van der Waals surface area contributed by atoms with Crippen LogP contribution in [0.2, 0.25) is 0 Å². The number of carbonyl (C=O) groups excluding carboxylic acids is 1. The second kappa shape index (κ2) is 7.22. The summed E-state index contributed by atoms with van der Waals surface area (Å²) >= 11 is 0. The molecule has 3 aromatic rings. The average molecular weight is 361 g/mol. The van der Waals surface area contributed by atoms with E-state index >= 15 is 0 Å². The highest BCUT2D eigenvalue weighted by Gasteiger charge is 2.20. The van der Waals surface area contributed by atoms with E-state index in [9.17, 15) is 14.9 Å². The fourth-order valence-electron chi connectivity index (χ4n) is 2.81. The Hall–Kier alpha value is -3.79. The van der Waals surface area contributed by atoms with Crippen LogP contribution in [0, 0.1) is 18.3 Å². The summed E-state index contributed by atoms with van der Waals surface area (Å²) in [6.45, 7) is 1.74. The molecule has 0 aliphatic carbocycles. The zero-order valence-corrected chi connectivity index (χ0v) is 15.3. The Morgan fingerprint density at radius 1 is 1.15 bits per heavy atom. The number of aryl methyl sites for hydroxylation is 1. The van der Waals surface area contributed by atoms with E-state index in [4.69, 9.17) is 0 Å². The van der Waals surface area contributed by atoms with Crippen molar-refractivity contribution in [3.63, 3.8) is 0 Å². The molecule has 7 heteroatoms. The van der Waals surface area contributed by atoms with Gasteiger partial charge in [-0.1, -0.05) is 18.2 Å². The van der Waals surface area contributed by atoms with E-state index in [0.717, 1.165) is 0 Å². The van der Waals surface area contributed by atoms with Crippen LogP contribution >= 0.6 is 0 Å². The van der Waals surface area contributed by atoms with Crippen molar-refractivity contribution >= 4 is 17.7 Å². The molecule has 2 aromatic heterocycles. The molecule has 3 rings (SSSR count). The van der Waals surface area contributed by atoms with Crippen LogP contribution in [-0.4, -0.2) is 19.8 Å². The second-order valence-electron chi connectivity index (χ2n) is 6.10. The summed E-state index contributed by atoms with van der Waals surface area (Å²) < 4.78 is 4.93. The van der Waals surface area contributed by atoms with Gasteiger partial charge in [-0.05, 0) is 37.3 Å². The molecule has 0 unspecified atom stereocenters. The van der Waals surface area contributed by atoms with Gasteiger partial charge in [-0.3, -0.25) is 14.3 Å². The summed E-state index contributed by atoms with van der Waals surface area (Å²) in [6.07, 6.45) is 3.31. The number of nitriles is 1. The number of nitrogens with one attached hydrogen (secondary N) is 1. The molecular weight excluding hydrogens is 342 g/mol. The number of aromatic nitrogens is 3. The van der Waals surface area contributed by atoms with Crippen molar-refractivity contribution in [2.75, 3.05) is 5.32 Å². The van der Waals surface area contributed by atoms with Gasteiger partial charge in [0.1, 0.15) is 17.3 Å². The molecule has 0 spiro atoms. The van der Waals surface area contributed by atoms with Gasteiger partial charge in [0.2, 0.25) is 0 Å². The van der Waals surface area contributed by atoms with Gasteiger partial charge in [0.25, 0.3) is 11.5 Å². The molecule has 0 bridgehead atoms. The minimum atomic E-state index is -0.621. The number of rotatable bonds is 4. The lowest BCUT2D eigenvalue weighted by Gasteiger charge is -2.07. The molecule has 1 aromatic carbocycles. The van der Waals surface area contributed by atoms with Crippen molar-refractivity contribution < 1.29 is 4.79 Å². The molecular formula is C20H19N5O2. The zero-order valence-electron chi connectivity index (χ0n) is 15.3. The molecule has 27 heavy (non-hydrogen) atoms. The van der Waals surface area contributed by atoms with Crippen LogP contribution in [0.15, 0.2) is 59.0 Å². The number of amides is 1. The van der Waals surface area contributed by atoms with Gasteiger partial charge in [0, 0.05) is 26.0 Å². The predicted molar refractivity (Wildman–Crippen MR) is 103 cm³/mol. The summed E-state index contributed by atoms with van der Waals surface area (Å²) in [5.74, 6) is -0.621. The average Bonchev–Trinajstić information content (AvgIpc) is 3.16. The summed E-state index contributed by atoms with van der Waals surface area (Å²) in [6, 6.07) is 14.7. The number of hydrogen-bond donors (Lipinski definition) is 1. The molecule has 0 atom stereocenters. The highest BCUT2D eigenvalue weighted by Crippen LogP contribution is 2.15. The van der Waals surface area contributed by atoms with Crippen LogP contribution in [0.3, 0.4) is 0 Å². The summed E-state index contributed by atoms with van der Waals surface area (Å²) in [5.41, 5.74) is 1.71. The van der Waals surface area contributed by atoms with E-state index in [-0.39, 0.29) is 16.8 Å². The lowest BCUT2D eigenvalue weighted by Crippen LogP contribution is -2.23. The zero-order chi connectivity index (χ0) is 19.6. The Morgan fingerprint density at radius 2 is 1.85 bits per heavy atom. The van der Waals surface area contributed by atoms with Crippen molar-refractivity contribution in [3.05, 3.63) is 76.0 Å². The van der Waals surface area contributed by atoms with Crippen LogP contribution in [0.5, 0.6) is 0 Å². The van der Waals surface area contributed by atoms with E-state index in [1.54, 1.807) is 29.3 Å². The SMILES string of the molecule is Cc1c(NC(=O)/C(C#N)=C/c2cccn2C)c(=O)n(-c2ccccc2)n1C. The van der Waals surface area contributed by atoms with Crippen molar-refractivity contribution in [1.29, 1.82) is 5.26 Å². The summed E-state index contributed by atoms with van der Waals surface area (Å²) in [7, 11) is 3.56. The van der Waals surface area contributed by atoms with Crippen molar-refractivity contribution in [3.8, 4) is 11.8 Å². The van der Waals surface area contributed by atoms with Gasteiger partial charge < -0.3 is 9.88 Å². The highest BCUT2D eigenvalue weighted by atomic mass is 16.2. The van der Waals surface area contributed by atoms with E-state index < -0.39 is 5.91 Å². The third-order valence-electron chi connectivity index (χ3n) is 4.43. The molecule has 0 aliphatic rings. The maximum atomic E-state index is 12.8. The number of para-hydroxylation sites is 1. The molecule has 0 saturated heterocycles. The minimum absolute atomic E-state index is 0.0780. The smallest absolute Gasteiger partial charge is 0.295 e. The Kier molecular flexibility index (Phi) is 4.81. The Bertz CT molecular complexity index is 1120. The molecule has 0 fully saturated rings. The second-order valence-corrected chi connectivity index (χ2v) is 6.10. The summed E-state index contributed by atoms with van der Waals surface area (Å²) in [5, 5.41) is 12.0. The number of anilines is 1. The van der Waals surface area contributed by atoms with Crippen molar-refractivity contribution in [2.24, 2.45) is 14.1 Å². The number of nitrogens with zero attached hydrogens (tertiary/aromatic N) is 4. The predicted octanol–water partition coefficient (Wildman–Crippen LogP) is 2.37. The van der Waals surface area contributed by atoms with Gasteiger partial charge >= 0.3 is 0 Å². The first kappa shape index (κ1) is 18.0. The third-order valence-corrected chi connectivity index (χ3v) is 4.43. The normalized spacial score (nSPS) is 11.3. The van der Waals surface area contributed by atoms with E-state index in [2.05, 4.69) is 5.32 Å². The molecule has 7 nitrogen and oxygen atoms in total. The highest BCUT2D eigenvalue weighted by molar-refractivity contribution is 6.09. The first-order valence-electron chi connectivity index (χ1n) is 8.32. The van der Waals surface area contributed by atoms with E-state index in [1.165, 1.54) is 10.8 Å². The van der Waals surface area contributed by atoms with Crippen LogP contribution < -0.4 is 10.9 Å². The molecule has 1 amide bonds. The Balaban J connectivity index is 1.98. The maximum Gasteiger partial charge on any atom is 0.295 e. The van der Waals surface area contributed by atoms with Crippen molar-refractivity contribution in [2.45, 2.75) is 6.92 Å². The topological polar surface area (TPSA) is 84.8 Å². The summed E-state index contributed by atoms with van der Waals surface area (Å²) in [4.78, 5) is 25.4. The third kappa shape index (κ3) is 3.33. The van der Waals surface area contributed by atoms with Gasteiger partial charge in [-0.2, -0.15) is 5.26 Å². The fourth-order valence-corrected chi connectivity index (χ4v) is 2.81. The molecule has 0 saturated carbocycles. The van der Waals surface area contributed by atoms with Crippen LogP contribution in [-0.2, 0) is 18.9 Å². The lowest BCUT2D eigenvalue weighted by molar-refractivity contribution is -0.112. The molecule has 0 radical (unpaired) electrons. The van der Waals surface area contributed by atoms with Gasteiger partial charge in [0.05, 0.1) is 11.4 Å². The van der Waals surface area contributed by atoms with Crippen molar-refractivity contribution in [1.82, 2.24) is 13.9 Å². The lowest BCUT2D eigenvalue weighted by atomic mass is 10.2. The first-order chi connectivity index (χ1) is 12.9. The van der Waals surface area contributed by atoms with Gasteiger partial charge in [0.15, 0.2) is 0 Å². The largest absolute Gasteiger partial charge is 0.351 e. The standard InChI is InChI=1S/C20H19N5O2/c1-14-18(20(27)25(24(14)3)16-8-5-4-6-9-16)22-19(26)15(13-21)12-17-10-7-11-23(17)2/h4-12H,1-3H3,(H,22,26)/b15-12+. The van der Waals surface area contributed by atoms with Crippen LogP contribution in [0.25, 0.3) is 11.8 Å². The Labute approximate surface area is 156 Å². The molecule has 2 heterocycles. The molecule has 0 aliphatic heterocycles. The monoisotopic (exact) mass is 361 g/mol. The number of hydrogen-bond acceptors (Lipinski definition) is 3. The van der Waals surface area contributed by atoms with Crippen LogP contribution in [0.1, 0.15) is 11.4 Å². The van der Waals surface area contributed by atoms with E-state index in [1.807, 2.05) is 55.7 Å². The first-order valence-corrected chi connectivity index (χ1v) is 8.32. The molecule has 1 N–H and O–H groups in total. The number of benzene rings is 1. The van der Waals surface area contributed by atoms with Crippen LogP contribution in [0.4, 0.5) is 5.69 Å². The maximum absolute atomic E-state index is 12.8. The Morgan fingerprint density at radius 3 is 2.44 bits per heavy atom. The number of carbonyl (C=O) groups is 1. The fraction of sp³-hybridized carbons (Fsp3) is 0.150. The van der Waals surface area contributed by atoms with Gasteiger partial charge in [-0.15, -0.1) is 0 Å². The minimum Gasteiger partial charge on any atom is -0.351 e. The van der Waals surface area contributed by atoms with Gasteiger partial charge in [-0.25, -0.2) is 4.68 Å². The molecule has 136 valence electrons. The quantitative estimate of drug-likeness (QED) is 0.572.